The highest BCUT2D eigenvalue weighted by Crippen LogP contribution is 2.35. The standard InChI is InChI=1S/C7H12N2S/c8-7-9-5-3-1-2-4-6(5)10-7/h5-6H,1-4H2,(H2,8,9). The Morgan fingerprint density at radius 1 is 1.40 bits per heavy atom. The lowest BCUT2D eigenvalue weighted by Crippen LogP contribution is -2.21. The summed E-state index contributed by atoms with van der Waals surface area (Å²) >= 11 is 1.78. The quantitative estimate of drug-likeness (QED) is 0.575. The van der Waals surface area contributed by atoms with Gasteiger partial charge in [0.1, 0.15) is 0 Å². The fourth-order valence-corrected chi connectivity index (χ4v) is 2.86. The highest BCUT2D eigenvalue weighted by atomic mass is 32.2. The number of amidine groups is 1. The minimum Gasteiger partial charge on any atom is -0.379 e. The van der Waals surface area contributed by atoms with Crippen LogP contribution in [0.2, 0.25) is 0 Å². The van der Waals surface area contributed by atoms with Crippen LogP contribution in [0.25, 0.3) is 0 Å². The Labute approximate surface area is 65.3 Å². The lowest BCUT2D eigenvalue weighted by Gasteiger charge is -2.21. The first-order valence-electron chi connectivity index (χ1n) is 3.86. The number of thioether (sulfide) groups is 1. The summed E-state index contributed by atoms with van der Waals surface area (Å²) in [5, 5.41) is 1.55. The van der Waals surface area contributed by atoms with E-state index in [1.165, 1.54) is 25.7 Å². The van der Waals surface area contributed by atoms with E-state index in [0.29, 0.717) is 6.04 Å². The predicted octanol–water partition coefficient (Wildman–Crippen LogP) is 1.36. The van der Waals surface area contributed by atoms with Crippen molar-refractivity contribution in [2.75, 3.05) is 0 Å². The number of rotatable bonds is 0. The second-order valence-electron chi connectivity index (χ2n) is 2.98. The van der Waals surface area contributed by atoms with Gasteiger partial charge in [-0.1, -0.05) is 24.6 Å². The highest BCUT2D eigenvalue weighted by Gasteiger charge is 2.30. The molecule has 0 radical (unpaired) electrons. The summed E-state index contributed by atoms with van der Waals surface area (Å²) in [7, 11) is 0. The van der Waals surface area contributed by atoms with Gasteiger partial charge in [-0.15, -0.1) is 0 Å². The monoisotopic (exact) mass is 156 g/mol. The normalized spacial score (nSPS) is 39.0. The molecule has 0 aromatic heterocycles. The van der Waals surface area contributed by atoms with Gasteiger partial charge in [-0.3, -0.25) is 4.99 Å². The van der Waals surface area contributed by atoms with E-state index in [-0.39, 0.29) is 0 Å². The van der Waals surface area contributed by atoms with Crippen LogP contribution in [0.15, 0.2) is 4.99 Å². The number of nitrogens with two attached hydrogens (primary N) is 1. The molecule has 0 spiro atoms. The van der Waals surface area contributed by atoms with Gasteiger partial charge >= 0.3 is 0 Å². The molecular formula is C7H12N2S. The summed E-state index contributed by atoms with van der Waals surface area (Å²) in [4.78, 5) is 4.37. The zero-order chi connectivity index (χ0) is 6.97. The van der Waals surface area contributed by atoms with Crippen molar-refractivity contribution < 1.29 is 0 Å². The zero-order valence-corrected chi connectivity index (χ0v) is 6.73. The van der Waals surface area contributed by atoms with Gasteiger partial charge in [-0.05, 0) is 12.8 Å². The molecule has 1 heterocycles. The molecule has 56 valence electrons. The summed E-state index contributed by atoms with van der Waals surface area (Å²) < 4.78 is 0. The minimum atomic E-state index is 0.568. The summed E-state index contributed by atoms with van der Waals surface area (Å²) in [6.07, 6.45) is 5.30. The SMILES string of the molecule is NC1=NC2CCCCC2S1. The number of aliphatic imine (C=N–C) groups is 1. The summed E-state index contributed by atoms with van der Waals surface area (Å²) in [6, 6.07) is 0.568. The third-order valence-corrected chi connectivity index (χ3v) is 3.43. The van der Waals surface area contributed by atoms with Gasteiger partial charge in [0.25, 0.3) is 0 Å². The van der Waals surface area contributed by atoms with E-state index < -0.39 is 0 Å². The van der Waals surface area contributed by atoms with Crippen LogP contribution in [0.3, 0.4) is 0 Å². The van der Waals surface area contributed by atoms with Crippen LogP contribution in [0.1, 0.15) is 25.7 Å². The lowest BCUT2D eigenvalue weighted by atomic mass is 9.96. The molecule has 2 atom stereocenters. The molecule has 1 fully saturated rings. The molecule has 1 aliphatic heterocycles. The summed E-state index contributed by atoms with van der Waals surface area (Å²) in [5.74, 6) is 0. The minimum absolute atomic E-state index is 0.568. The first-order chi connectivity index (χ1) is 4.86. The van der Waals surface area contributed by atoms with Gasteiger partial charge in [0, 0.05) is 5.25 Å². The van der Waals surface area contributed by atoms with Crippen molar-refractivity contribution >= 4 is 16.9 Å². The zero-order valence-electron chi connectivity index (χ0n) is 5.92. The predicted molar refractivity (Wildman–Crippen MR) is 45.3 cm³/mol. The third-order valence-electron chi connectivity index (χ3n) is 2.23. The van der Waals surface area contributed by atoms with Crippen molar-refractivity contribution in [2.45, 2.75) is 37.0 Å². The number of nitrogens with zero attached hydrogens (tertiary/aromatic N) is 1. The van der Waals surface area contributed by atoms with Crippen molar-refractivity contribution in [1.29, 1.82) is 0 Å². The second kappa shape index (κ2) is 2.46. The lowest BCUT2D eigenvalue weighted by molar-refractivity contribution is 0.461. The molecule has 3 heteroatoms. The Bertz CT molecular complexity index is 167. The van der Waals surface area contributed by atoms with E-state index in [4.69, 9.17) is 5.73 Å². The van der Waals surface area contributed by atoms with Crippen molar-refractivity contribution in [3.63, 3.8) is 0 Å². The van der Waals surface area contributed by atoms with Gasteiger partial charge < -0.3 is 5.73 Å². The Hall–Kier alpha value is -0.180. The fourth-order valence-electron chi connectivity index (χ4n) is 1.71. The van der Waals surface area contributed by atoms with Gasteiger partial charge in [-0.2, -0.15) is 0 Å². The molecule has 1 saturated carbocycles. The van der Waals surface area contributed by atoms with E-state index in [0.717, 1.165) is 10.4 Å². The summed E-state index contributed by atoms with van der Waals surface area (Å²) in [5.41, 5.74) is 5.61. The van der Waals surface area contributed by atoms with Gasteiger partial charge in [0.2, 0.25) is 0 Å². The highest BCUT2D eigenvalue weighted by molar-refractivity contribution is 8.14. The maximum atomic E-state index is 5.61. The molecule has 2 N–H and O–H groups in total. The number of hydrogen-bond acceptors (Lipinski definition) is 3. The Kier molecular flexibility index (Phi) is 1.60. The summed E-state index contributed by atoms with van der Waals surface area (Å²) in [6.45, 7) is 0. The van der Waals surface area contributed by atoms with Gasteiger partial charge in [-0.25, -0.2) is 0 Å². The molecule has 0 bridgehead atoms. The van der Waals surface area contributed by atoms with E-state index in [1.54, 1.807) is 11.8 Å². The fraction of sp³-hybridized carbons (Fsp3) is 0.857. The molecule has 10 heavy (non-hydrogen) atoms. The average Bonchev–Trinajstić information content (AvgIpc) is 2.27. The van der Waals surface area contributed by atoms with Crippen LogP contribution < -0.4 is 5.73 Å². The number of hydrogen-bond donors (Lipinski definition) is 1. The molecule has 2 rings (SSSR count). The van der Waals surface area contributed by atoms with Crippen molar-refractivity contribution in [2.24, 2.45) is 10.7 Å². The smallest absolute Gasteiger partial charge is 0.154 e. The number of fused-ring (bicyclic) bond motifs is 1. The first kappa shape index (κ1) is 6.53. The second-order valence-corrected chi connectivity index (χ2v) is 4.23. The van der Waals surface area contributed by atoms with E-state index in [1.807, 2.05) is 0 Å². The molecule has 0 aromatic rings. The van der Waals surface area contributed by atoms with Crippen LogP contribution in [-0.4, -0.2) is 16.5 Å². The van der Waals surface area contributed by atoms with Crippen LogP contribution in [0.5, 0.6) is 0 Å². The molecule has 0 amide bonds. The van der Waals surface area contributed by atoms with Crippen LogP contribution in [0, 0.1) is 0 Å². The molecule has 2 nitrogen and oxygen atoms in total. The molecule has 0 aromatic carbocycles. The van der Waals surface area contributed by atoms with Crippen molar-refractivity contribution in [1.82, 2.24) is 0 Å². The molecule has 0 saturated heterocycles. The van der Waals surface area contributed by atoms with E-state index in [9.17, 15) is 0 Å². The van der Waals surface area contributed by atoms with Crippen molar-refractivity contribution in [3.05, 3.63) is 0 Å². The van der Waals surface area contributed by atoms with E-state index in [2.05, 4.69) is 4.99 Å². The molecule has 1 aliphatic carbocycles. The molecule has 2 aliphatic rings. The van der Waals surface area contributed by atoms with Gasteiger partial charge in [0.05, 0.1) is 6.04 Å². The Morgan fingerprint density at radius 2 is 2.20 bits per heavy atom. The molecular weight excluding hydrogens is 144 g/mol. The maximum Gasteiger partial charge on any atom is 0.154 e. The first-order valence-corrected chi connectivity index (χ1v) is 4.74. The molecule has 2 unspecified atom stereocenters. The third kappa shape index (κ3) is 1.03. The Morgan fingerprint density at radius 3 is 3.00 bits per heavy atom. The van der Waals surface area contributed by atoms with Gasteiger partial charge in [0.15, 0.2) is 5.17 Å². The maximum absolute atomic E-state index is 5.61. The van der Waals surface area contributed by atoms with Crippen LogP contribution in [-0.2, 0) is 0 Å². The van der Waals surface area contributed by atoms with Crippen LogP contribution >= 0.6 is 11.8 Å². The Balaban J connectivity index is 2.06. The topological polar surface area (TPSA) is 38.4 Å². The van der Waals surface area contributed by atoms with Crippen molar-refractivity contribution in [3.8, 4) is 0 Å². The van der Waals surface area contributed by atoms with E-state index >= 15 is 0 Å². The van der Waals surface area contributed by atoms with Crippen LogP contribution in [0.4, 0.5) is 0 Å². The largest absolute Gasteiger partial charge is 0.379 e. The average molecular weight is 156 g/mol.